The van der Waals surface area contributed by atoms with Crippen molar-refractivity contribution in [3.8, 4) is 0 Å². The van der Waals surface area contributed by atoms with Crippen molar-refractivity contribution in [1.29, 1.82) is 0 Å². The second kappa shape index (κ2) is 8.59. The van der Waals surface area contributed by atoms with Gasteiger partial charge in [0.15, 0.2) is 5.78 Å². The number of ether oxygens (including phenoxy) is 1. The van der Waals surface area contributed by atoms with Crippen molar-refractivity contribution in [2.45, 2.75) is 32.6 Å². The molecular weight excluding hydrogens is 316 g/mol. The van der Waals surface area contributed by atoms with Crippen LogP contribution >= 0.6 is 0 Å². The van der Waals surface area contributed by atoms with Crippen LogP contribution in [0.2, 0.25) is 0 Å². The lowest BCUT2D eigenvalue weighted by Crippen LogP contribution is -2.36. The lowest BCUT2D eigenvalue weighted by molar-refractivity contribution is -0.128. The molecule has 0 unspecified atom stereocenters. The van der Waals surface area contributed by atoms with Gasteiger partial charge in [-0.1, -0.05) is 12.1 Å². The standard InChI is InChI=1S/C20H28N2O3/c1-16(23)22-9-6-17-4-5-19(15-18(17)7-10-22)20(24)3-2-8-21-11-13-25-14-12-21/h4-5,15H,2-3,6-14H2,1H3. The molecule has 0 N–H and O–H groups in total. The van der Waals surface area contributed by atoms with Crippen LogP contribution in [0.4, 0.5) is 0 Å². The van der Waals surface area contributed by atoms with Gasteiger partial charge in [-0.15, -0.1) is 0 Å². The normalized spacial score (nSPS) is 18.5. The predicted octanol–water partition coefficient (Wildman–Crippen LogP) is 1.93. The van der Waals surface area contributed by atoms with E-state index in [-0.39, 0.29) is 11.7 Å². The van der Waals surface area contributed by atoms with Gasteiger partial charge in [-0.05, 0) is 43.0 Å². The number of benzene rings is 1. The third kappa shape index (κ3) is 4.89. The Morgan fingerprint density at radius 3 is 2.48 bits per heavy atom. The molecule has 3 rings (SSSR count). The number of Topliss-reactive ketones (excluding diaryl/α,β-unsaturated/α-hetero) is 1. The van der Waals surface area contributed by atoms with Gasteiger partial charge >= 0.3 is 0 Å². The minimum atomic E-state index is 0.132. The van der Waals surface area contributed by atoms with E-state index < -0.39 is 0 Å². The van der Waals surface area contributed by atoms with Crippen molar-refractivity contribution in [1.82, 2.24) is 9.80 Å². The van der Waals surface area contributed by atoms with Crippen molar-refractivity contribution >= 4 is 11.7 Å². The molecule has 2 heterocycles. The molecule has 0 spiro atoms. The van der Waals surface area contributed by atoms with Crippen LogP contribution in [-0.2, 0) is 22.4 Å². The third-order valence-electron chi connectivity index (χ3n) is 5.26. The summed E-state index contributed by atoms with van der Waals surface area (Å²) in [6.07, 6.45) is 3.20. The molecule has 0 aliphatic carbocycles. The number of hydrogen-bond donors (Lipinski definition) is 0. The highest BCUT2D eigenvalue weighted by Gasteiger charge is 2.17. The number of nitrogens with zero attached hydrogens (tertiary/aromatic N) is 2. The van der Waals surface area contributed by atoms with Crippen LogP contribution in [0.5, 0.6) is 0 Å². The molecule has 1 amide bonds. The molecule has 2 aliphatic rings. The van der Waals surface area contributed by atoms with Crippen molar-refractivity contribution in [3.63, 3.8) is 0 Å². The Morgan fingerprint density at radius 1 is 1.04 bits per heavy atom. The number of morpholine rings is 1. The maximum absolute atomic E-state index is 12.5. The average molecular weight is 344 g/mol. The van der Waals surface area contributed by atoms with Gasteiger partial charge < -0.3 is 9.64 Å². The maximum atomic E-state index is 12.5. The molecule has 136 valence electrons. The van der Waals surface area contributed by atoms with E-state index in [9.17, 15) is 9.59 Å². The van der Waals surface area contributed by atoms with E-state index in [1.807, 2.05) is 11.0 Å². The van der Waals surface area contributed by atoms with Crippen molar-refractivity contribution in [2.75, 3.05) is 45.9 Å². The van der Waals surface area contributed by atoms with Gasteiger partial charge in [-0.3, -0.25) is 14.5 Å². The maximum Gasteiger partial charge on any atom is 0.219 e. The number of amides is 1. The monoisotopic (exact) mass is 344 g/mol. The summed E-state index contributed by atoms with van der Waals surface area (Å²) in [6.45, 7) is 7.66. The van der Waals surface area contributed by atoms with E-state index in [1.54, 1.807) is 6.92 Å². The van der Waals surface area contributed by atoms with E-state index in [1.165, 1.54) is 11.1 Å². The summed E-state index contributed by atoms with van der Waals surface area (Å²) in [4.78, 5) is 28.4. The first-order valence-corrected chi connectivity index (χ1v) is 9.34. The molecule has 0 saturated carbocycles. The first-order chi connectivity index (χ1) is 12.1. The predicted molar refractivity (Wildman–Crippen MR) is 96.9 cm³/mol. The molecule has 0 atom stereocenters. The number of hydrogen-bond acceptors (Lipinski definition) is 4. The molecular formula is C20H28N2O3. The topological polar surface area (TPSA) is 49.9 Å². The minimum absolute atomic E-state index is 0.132. The zero-order chi connectivity index (χ0) is 17.6. The van der Waals surface area contributed by atoms with Gasteiger partial charge in [0.1, 0.15) is 0 Å². The van der Waals surface area contributed by atoms with Gasteiger partial charge in [0.2, 0.25) is 5.91 Å². The van der Waals surface area contributed by atoms with Crippen LogP contribution in [0.15, 0.2) is 18.2 Å². The summed E-state index contributed by atoms with van der Waals surface area (Å²) < 4.78 is 5.35. The van der Waals surface area contributed by atoms with Crippen molar-refractivity contribution < 1.29 is 14.3 Å². The second-order valence-electron chi connectivity index (χ2n) is 6.97. The lowest BCUT2D eigenvalue weighted by atomic mass is 9.97. The quantitative estimate of drug-likeness (QED) is 0.766. The highest BCUT2D eigenvalue weighted by molar-refractivity contribution is 5.96. The molecule has 1 aromatic rings. The van der Waals surface area contributed by atoms with Crippen molar-refractivity contribution in [2.24, 2.45) is 0 Å². The smallest absolute Gasteiger partial charge is 0.219 e. The molecule has 0 aromatic heterocycles. The molecule has 1 fully saturated rings. The number of fused-ring (bicyclic) bond motifs is 1. The van der Waals surface area contributed by atoms with Crippen LogP contribution in [0.1, 0.15) is 41.3 Å². The highest BCUT2D eigenvalue weighted by atomic mass is 16.5. The summed E-state index contributed by atoms with van der Waals surface area (Å²) in [5, 5.41) is 0. The number of carbonyl (C=O) groups excluding carboxylic acids is 2. The van der Waals surface area contributed by atoms with Crippen LogP contribution in [0, 0.1) is 0 Å². The SMILES string of the molecule is CC(=O)N1CCc2ccc(C(=O)CCCN3CCOCC3)cc2CC1. The van der Waals surface area contributed by atoms with E-state index >= 15 is 0 Å². The van der Waals surface area contributed by atoms with Crippen LogP contribution in [-0.4, -0.2) is 67.4 Å². The summed E-state index contributed by atoms with van der Waals surface area (Å²) in [6, 6.07) is 6.09. The average Bonchev–Trinajstić information content (AvgIpc) is 2.84. The summed E-state index contributed by atoms with van der Waals surface area (Å²) >= 11 is 0. The fraction of sp³-hybridized carbons (Fsp3) is 0.600. The molecule has 1 aromatic carbocycles. The Morgan fingerprint density at radius 2 is 1.76 bits per heavy atom. The van der Waals surface area contributed by atoms with E-state index in [0.717, 1.165) is 70.8 Å². The largest absolute Gasteiger partial charge is 0.379 e. The molecule has 1 saturated heterocycles. The molecule has 5 nitrogen and oxygen atoms in total. The Hall–Kier alpha value is -1.72. The summed E-state index contributed by atoms with van der Waals surface area (Å²) in [7, 11) is 0. The molecule has 0 bridgehead atoms. The van der Waals surface area contributed by atoms with Gasteiger partial charge in [0.25, 0.3) is 0 Å². The van der Waals surface area contributed by atoms with Gasteiger partial charge in [-0.2, -0.15) is 0 Å². The Bertz CT molecular complexity index is 623. The first kappa shape index (κ1) is 18.1. The number of rotatable bonds is 5. The zero-order valence-electron chi connectivity index (χ0n) is 15.1. The Kier molecular flexibility index (Phi) is 6.21. The van der Waals surface area contributed by atoms with Crippen LogP contribution < -0.4 is 0 Å². The fourth-order valence-corrected chi connectivity index (χ4v) is 3.65. The fourth-order valence-electron chi connectivity index (χ4n) is 3.65. The summed E-state index contributed by atoms with van der Waals surface area (Å²) in [5.74, 6) is 0.357. The zero-order valence-corrected chi connectivity index (χ0v) is 15.1. The van der Waals surface area contributed by atoms with Gasteiger partial charge in [0, 0.05) is 45.1 Å². The second-order valence-corrected chi connectivity index (χ2v) is 6.97. The molecule has 25 heavy (non-hydrogen) atoms. The van der Waals surface area contributed by atoms with Gasteiger partial charge in [0.05, 0.1) is 13.2 Å². The highest BCUT2D eigenvalue weighted by Crippen LogP contribution is 2.19. The molecule has 2 aliphatic heterocycles. The summed E-state index contributed by atoms with van der Waals surface area (Å²) in [5.41, 5.74) is 3.31. The number of carbonyl (C=O) groups is 2. The lowest BCUT2D eigenvalue weighted by Gasteiger charge is -2.26. The molecule has 0 radical (unpaired) electrons. The first-order valence-electron chi connectivity index (χ1n) is 9.34. The van der Waals surface area contributed by atoms with E-state index in [4.69, 9.17) is 4.74 Å². The molecule has 5 heteroatoms. The van der Waals surface area contributed by atoms with E-state index in [0.29, 0.717) is 6.42 Å². The van der Waals surface area contributed by atoms with E-state index in [2.05, 4.69) is 17.0 Å². The Balaban J connectivity index is 1.54. The minimum Gasteiger partial charge on any atom is -0.379 e. The number of ketones is 1. The Labute approximate surface area is 149 Å². The van der Waals surface area contributed by atoms with Gasteiger partial charge in [-0.25, -0.2) is 0 Å². The van der Waals surface area contributed by atoms with Crippen LogP contribution in [0.25, 0.3) is 0 Å². The third-order valence-corrected chi connectivity index (χ3v) is 5.26. The van der Waals surface area contributed by atoms with Crippen LogP contribution in [0.3, 0.4) is 0 Å². The van der Waals surface area contributed by atoms with Crippen molar-refractivity contribution in [3.05, 3.63) is 34.9 Å².